The van der Waals surface area contributed by atoms with E-state index in [2.05, 4.69) is 25.9 Å². The molecule has 5 heterocycles. The highest BCUT2D eigenvalue weighted by molar-refractivity contribution is 5.99. The zero-order chi connectivity index (χ0) is 31.7. The first-order valence-electron chi connectivity index (χ1n) is 14.8. The molecule has 0 saturated carbocycles. The molecule has 45 heavy (non-hydrogen) atoms. The number of piperidine rings is 1. The lowest BCUT2D eigenvalue weighted by atomic mass is 9.96. The summed E-state index contributed by atoms with van der Waals surface area (Å²) in [6, 6.07) is 14.1. The van der Waals surface area contributed by atoms with Crippen molar-refractivity contribution in [1.82, 2.24) is 34.5 Å². The summed E-state index contributed by atoms with van der Waals surface area (Å²) < 4.78 is 28.2. The number of nitrogens with zero attached hydrogens (tertiary/aromatic N) is 8. The lowest BCUT2D eigenvalue weighted by Gasteiger charge is -2.43. The van der Waals surface area contributed by atoms with E-state index in [-0.39, 0.29) is 53.1 Å². The van der Waals surface area contributed by atoms with Gasteiger partial charge in [-0.25, -0.2) is 14.6 Å². The smallest absolute Gasteiger partial charge is 0.264 e. The number of nitrogen functional groups attached to an aromatic ring is 1. The van der Waals surface area contributed by atoms with Crippen molar-refractivity contribution in [3.05, 3.63) is 66.4 Å². The summed E-state index contributed by atoms with van der Waals surface area (Å²) in [6.45, 7) is 5.98. The zero-order valence-corrected chi connectivity index (χ0v) is 25.4. The van der Waals surface area contributed by atoms with Crippen molar-refractivity contribution < 1.29 is 18.7 Å². The maximum atomic E-state index is 15.5. The van der Waals surface area contributed by atoms with Crippen LogP contribution in [-0.4, -0.2) is 85.4 Å². The number of halogens is 1. The fourth-order valence-corrected chi connectivity index (χ4v) is 5.72. The van der Waals surface area contributed by atoms with Crippen LogP contribution in [0.4, 0.5) is 10.2 Å². The summed E-state index contributed by atoms with van der Waals surface area (Å²) in [6.07, 6.45) is 4.43. The van der Waals surface area contributed by atoms with Crippen molar-refractivity contribution in [2.45, 2.75) is 44.3 Å². The third kappa shape index (κ3) is 5.94. The Morgan fingerprint density at radius 2 is 2.00 bits per heavy atom. The first kappa shape index (κ1) is 30.1. The van der Waals surface area contributed by atoms with E-state index in [1.54, 1.807) is 33.9 Å². The highest BCUT2D eigenvalue weighted by Gasteiger charge is 2.35. The standard InChI is InChI=1S/C32H34FN9O3/c1-32(2,40(3)22-17-44-18-22)14-20(15-34)31(43)41-13-7-8-21(16-41)42-30-26(29(35)36-19-37-30)27(39-42)24-11-12-25(38-28(24)33)45-23-9-5-4-6-10-23/h4-6,9-12,14,19,21-22H,7-8,13,16-18H2,1-3H3,(H2,35,36,37)/t21-/m1/s1. The van der Waals surface area contributed by atoms with E-state index in [9.17, 15) is 10.1 Å². The number of benzene rings is 1. The van der Waals surface area contributed by atoms with Crippen molar-refractivity contribution in [2.24, 2.45) is 0 Å². The monoisotopic (exact) mass is 611 g/mol. The number of carbonyl (C=O) groups is 1. The van der Waals surface area contributed by atoms with Gasteiger partial charge in [0.15, 0.2) is 5.65 Å². The van der Waals surface area contributed by atoms with Gasteiger partial charge in [-0.15, -0.1) is 0 Å². The molecule has 3 aromatic heterocycles. The predicted molar refractivity (Wildman–Crippen MR) is 164 cm³/mol. The third-order valence-electron chi connectivity index (χ3n) is 8.52. The summed E-state index contributed by atoms with van der Waals surface area (Å²) in [4.78, 5) is 30.0. The Hall–Kier alpha value is -4.93. The number of nitrogens with two attached hydrogens (primary N) is 1. The SMILES string of the molecule is CN(C1COC1)C(C)(C)C=C(C#N)C(=O)N1CCC[C@@H](n2nc(-c3ccc(Oc4ccccc4)nc3F)c3c(N)ncnc32)C1. The van der Waals surface area contributed by atoms with Crippen LogP contribution in [0.15, 0.2) is 60.4 Å². The van der Waals surface area contributed by atoms with Crippen LogP contribution in [0.3, 0.4) is 0 Å². The second kappa shape index (κ2) is 12.2. The molecule has 2 aliphatic heterocycles. The number of para-hydroxylation sites is 1. The zero-order valence-electron chi connectivity index (χ0n) is 25.4. The molecule has 2 N–H and O–H groups in total. The van der Waals surface area contributed by atoms with Crippen LogP contribution in [-0.2, 0) is 9.53 Å². The number of pyridine rings is 1. The van der Waals surface area contributed by atoms with Crippen molar-refractivity contribution in [1.29, 1.82) is 5.26 Å². The number of ether oxygens (including phenoxy) is 2. The van der Waals surface area contributed by atoms with Gasteiger partial charge in [-0.1, -0.05) is 18.2 Å². The fraction of sp³-hybridized carbons (Fsp3) is 0.375. The molecule has 0 radical (unpaired) electrons. The summed E-state index contributed by atoms with van der Waals surface area (Å²) >= 11 is 0. The number of likely N-dealkylation sites (tertiary alicyclic amines) is 1. The van der Waals surface area contributed by atoms with Gasteiger partial charge in [0.2, 0.25) is 11.8 Å². The molecule has 1 atom stereocenters. The van der Waals surface area contributed by atoms with Crippen LogP contribution >= 0.6 is 0 Å². The summed E-state index contributed by atoms with van der Waals surface area (Å²) in [5, 5.41) is 15.1. The largest absolute Gasteiger partial charge is 0.439 e. The average molecular weight is 612 g/mol. The molecular formula is C32H34FN9O3. The first-order valence-corrected chi connectivity index (χ1v) is 14.8. The first-order chi connectivity index (χ1) is 21.7. The molecule has 2 aliphatic rings. The number of rotatable bonds is 8. The van der Waals surface area contributed by atoms with Gasteiger partial charge in [-0.05, 0) is 58.0 Å². The Kier molecular flexibility index (Phi) is 8.18. The Balaban J connectivity index is 1.28. The maximum Gasteiger partial charge on any atom is 0.264 e. The number of hydrogen-bond donors (Lipinski definition) is 1. The van der Waals surface area contributed by atoms with Gasteiger partial charge in [0.05, 0.1) is 36.2 Å². The number of aromatic nitrogens is 5. The lowest BCUT2D eigenvalue weighted by Crippen LogP contribution is -2.55. The van der Waals surface area contributed by atoms with E-state index in [1.165, 1.54) is 12.4 Å². The maximum absolute atomic E-state index is 15.5. The minimum absolute atomic E-state index is 0.0799. The van der Waals surface area contributed by atoms with E-state index in [1.807, 2.05) is 39.1 Å². The van der Waals surface area contributed by atoms with Gasteiger partial charge >= 0.3 is 0 Å². The van der Waals surface area contributed by atoms with E-state index in [4.69, 9.17) is 20.3 Å². The molecule has 13 heteroatoms. The minimum Gasteiger partial charge on any atom is -0.439 e. The Morgan fingerprint density at radius 1 is 1.22 bits per heavy atom. The van der Waals surface area contributed by atoms with Gasteiger partial charge in [0.1, 0.15) is 35.2 Å². The highest BCUT2D eigenvalue weighted by atomic mass is 19.1. The Bertz CT molecular complexity index is 1800. The lowest BCUT2D eigenvalue weighted by molar-refractivity contribution is -0.128. The second-order valence-corrected chi connectivity index (χ2v) is 11.8. The number of hydrogen-bond acceptors (Lipinski definition) is 10. The van der Waals surface area contributed by atoms with E-state index >= 15 is 4.39 Å². The molecule has 4 aromatic rings. The topological polar surface area (TPSA) is 148 Å². The minimum atomic E-state index is -0.788. The van der Waals surface area contributed by atoms with Gasteiger partial charge in [0, 0.05) is 24.7 Å². The molecule has 6 rings (SSSR count). The fourth-order valence-electron chi connectivity index (χ4n) is 5.72. The predicted octanol–water partition coefficient (Wildman–Crippen LogP) is 4.12. The van der Waals surface area contributed by atoms with Crippen molar-refractivity contribution >= 4 is 22.8 Å². The molecule has 1 aromatic carbocycles. The van der Waals surface area contributed by atoms with E-state index in [0.717, 1.165) is 0 Å². The second-order valence-electron chi connectivity index (χ2n) is 11.8. The number of anilines is 1. The number of amides is 1. The molecule has 2 saturated heterocycles. The van der Waals surface area contributed by atoms with Crippen LogP contribution < -0.4 is 10.5 Å². The molecule has 12 nitrogen and oxygen atoms in total. The number of carbonyl (C=O) groups excluding carboxylic acids is 1. The van der Waals surface area contributed by atoms with Crippen LogP contribution in [0, 0.1) is 17.3 Å². The van der Waals surface area contributed by atoms with E-state index < -0.39 is 11.5 Å². The highest BCUT2D eigenvalue weighted by Crippen LogP contribution is 2.36. The van der Waals surface area contributed by atoms with Gasteiger partial charge in [0.25, 0.3) is 5.91 Å². The molecule has 232 valence electrons. The Labute approximate surface area is 259 Å². The third-order valence-corrected chi connectivity index (χ3v) is 8.52. The quantitative estimate of drug-likeness (QED) is 0.175. The number of likely N-dealkylation sites (N-methyl/N-ethyl adjacent to an activating group) is 1. The molecule has 1 amide bonds. The molecular weight excluding hydrogens is 577 g/mol. The molecule has 2 fully saturated rings. The average Bonchev–Trinajstić information content (AvgIpc) is 3.40. The van der Waals surface area contributed by atoms with Gasteiger partial charge in [-0.2, -0.15) is 19.7 Å². The summed E-state index contributed by atoms with van der Waals surface area (Å²) in [7, 11) is 1.97. The van der Waals surface area contributed by atoms with Gasteiger partial charge < -0.3 is 20.1 Å². The number of fused-ring (bicyclic) bond motifs is 1. The molecule has 0 unspecified atom stereocenters. The van der Waals surface area contributed by atoms with Crippen molar-refractivity contribution in [3.8, 4) is 29.0 Å². The molecule has 0 aliphatic carbocycles. The summed E-state index contributed by atoms with van der Waals surface area (Å²) in [5.41, 5.74) is 6.60. The van der Waals surface area contributed by atoms with Crippen LogP contribution in [0.1, 0.15) is 32.7 Å². The van der Waals surface area contributed by atoms with Crippen LogP contribution in [0.5, 0.6) is 11.6 Å². The van der Waals surface area contributed by atoms with Crippen molar-refractivity contribution in [2.75, 3.05) is 39.1 Å². The molecule has 0 spiro atoms. The van der Waals surface area contributed by atoms with Crippen molar-refractivity contribution in [3.63, 3.8) is 0 Å². The van der Waals surface area contributed by atoms with Crippen LogP contribution in [0.2, 0.25) is 0 Å². The summed E-state index contributed by atoms with van der Waals surface area (Å²) in [5.74, 6) is -0.369. The van der Waals surface area contributed by atoms with E-state index in [0.29, 0.717) is 49.4 Å². The molecule has 0 bridgehead atoms. The number of nitriles is 1. The van der Waals surface area contributed by atoms with Gasteiger partial charge in [-0.3, -0.25) is 9.69 Å². The normalized spacial score (nSPS) is 17.7. The Morgan fingerprint density at radius 3 is 2.69 bits per heavy atom. The van der Waals surface area contributed by atoms with Crippen LogP contribution in [0.25, 0.3) is 22.3 Å².